The fraction of sp³-hybridized carbons (Fsp3) is 0.353. The quantitative estimate of drug-likeness (QED) is 0.799. The molecule has 0 saturated heterocycles. The van der Waals surface area contributed by atoms with Crippen molar-refractivity contribution in [2.24, 2.45) is 0 Å². The van der Waals surface area contributed by atoms with Crippen LogP contribution >= 0.6 is 0 Å². The third-order valence-corrected chi connectivity index (χ3v) is 2.85. The molecule has 1 N–H and O–H groups in total. The van der Waals surface area contributed by atoms with Crippen LogP contribution in [0.1, 0.15) is 26.0 Å². The van der Waals surface area contributed by atoms with Gasteiger partial charge < -0.3 is 14.8 Å². The second-order valence-electron chi connectivity index (χ2n) is 4.63. The Morgan fingerprint density at radius 2 is 1.71 bits per heavy atom. The molecule has 21 heavy (non-hydrogen) atoms. The molecule has 0 bridgehead atoms. The molecule has 2 rings (SSSR count). The van der Waals surface area contributed by atoms with Crippen molar-refractivity contribution < 1.29 is 9.47 Å². The van der Waals surface area contributed by atoms with Crippen LogP contribution in [0.25, 0.3) is 0 Å². The van der Waals surface area contributed by atoms with Gasteiger partial charge in [0.25, 0.3) is 0 Å². The van der Waals surface area contributed by atoms with Crippen LogP contribution in [0, 0.1) is 0 Å². The summed E-state index contributed by atoms with van der Waals surface area (Å²) < 4.78 is 11.5. The molecular formula is C17H22N2O2. The number of hydrogen-bond donors (Lipinski definition) is 1. The molecule has 4 heteroatoms. The third kappa shape index (κ3) is 4.67. The maximum Gasteiger partial charge on any atom is 0.161 e. The summed E-state index contributed by atoms with van der Waals surface area (Å²) in [5.41, 5.74) is 0.888. The number of para-hydroxylation sites is 2. The van der Waals surface area contributed by atoms with Gasteiger partial charge in [0, 0.05) is 6.54 Å². The number of aromatic nitrogens is 1. The van der Waals surface area contributed by atoms with Crippen molar-refractivity contribution >= 4 is 5.82 Å². The number of benzene rings is 1. The smallest absolute Gasteiger partial charge is 0.161 e. The molecule has 0 atom stereocenters. The number of hydrogen-bond acceptors (Lipinski definition) is 4. The summed E-state index contributed by atoms with van der Waals surface area (Å²) >= 11 is 0. The summed E-state index contributed by atoms with van der Waals surface area (Å²) in [6.45, 7) is 6.09. The lowest BCUT2D eigenvalue weighted by atomic mass is 10.3. The summed E-state index contributed by atoms with van der Waals surface area (Å²) in [7, 11) is 0. The van der Waals surface area contributed by atoms with Gasteiger partial charge in [0.1, 0.15) is 12.4 Å². The molecule has 4 nitrogen and oxygen atoms in total. The molecule has 1 aromatic heterocycles. The van der Waals surface area contributed by atoms with Crippen molar-refractivity contribution in [1.82, 2.24) is 4.98 Å². The first-order valence-electron chi connectivity index (χ1n) is 7.38. The van der Waals surface area contributed by atoms with E-state index in [1.165, 1.54) is 0 Å². The minimum Gasteiger partial charge on any atom is -0.490 e. The highest BCUT2D eigenvalue weighted by Gasteiger charge is 2.05. The van der Waals surface area contributed by atoms with Gasteiger partial charge in [-0.25, -0.2) is 4.98 Å². The van der Waals surface area contributed by atoms with Gasteiger partial charge in [0.2, 0.25) is 0 Å². The van der Waals surface area contributed by atoms with Gasteiger partial charge in [-0.1, -0.05) is 25.1 Å². The lowest BCUT2D eigenvalue weighted by Gasteiger charge is -2.12. The maximum atomic E-state index is 5.84. The van der Waals surface area contributed by atoms with Gasteiger partial charge in [-0.05, 0) is 37.6 Å². The standard InChI is InChI=1S/C17H22N2O2/c1-3-12-20-15-9-5-6-10-16(15)21-13-14-8-7-11-17(19-14)18-4-2/h5-11H,3-4,12-13H2,1-2H3,(H,18,19). The Hall–Kier alpha value is -2.23. The van der Waals surface area contributed by atoms with Crippen molar-refractivity contribution in [2.75, 3.05) is 18.5 Å². The zero-order valence-corrected chi connectivity index (χ0v) is 12.6. The number of nitrogens with zero attached hydrogens (tertiary/aromatic N) is 1. The van der Waals surface area contributed by atoms with Crippen LogP contribution in [0.5, 0.6) is 11.5 Å². The average Bonchev–Trinajstić information content (AvgIpc) is 2.52. The van der Waals surface area contributed by atoms with Crippen LogP contribution < -0.4 is 14.8 Å². The maximum absolute atomic E-state index is 5.84. The molecule has 0 aliphatic rings. The first kappa shape index (κ1) is 15.2. The van der Waals surface area contributed by atoms with Gasteiger partial charge in [0.15, 0.2) is 11.5 Å². The predicted molar refractivity (Wildman–Crippen MR) is 85.0 cm³/mol. The summed E-state index contributed by atoms with van der Waals surface area (Å²) in [6.07, 6.45) is 0.973. The van der Waals surface area contributed by atoms with E-state index in [4.69, 9.17) is 9.47 Å². The fourth-order valence-corrected chi connectivity index (χ4v) is 1.89. The SMILES string of the molecule is CCCOc1ccccc1OCc1cccc(NCC)n1. The molecule has 0 spiro atoms. The monoisotopic (exact) mass is 286 g/mol. The molecule has 0 unspecified atom stereocenters. The van der Waals surface area contributed by atoms with Crippen molar-refractivity contribution in [3.8, 4) is 11.5 Å². The Kier molecular flexibility index (Phi) is 5.88. The van der Waals surface area contributed by atoms with Crippen molar-refractivity contribution in [1.29, 1.82) is 0 Å². The molecule has 0 amide bonds. The number of pyridine rings is 1. The molecule has 1 heterocycles. The molecule has 0 aliphatic carbocycles. The fourth-order valence-electron chi connectivity index (χ4n) is 1.89. The summed E-state index contributed by atoms with van der Waals surface area (Å²) in [6, 6.07) is 13.6. The zero-order valence-electron chi connectivity index (χ0n) is 12.6. The number of rotatable bonds is 8. The minimum atomic E-state index is 0.422. The normalized spacial score (nSPS) is 10.2. The Balaban J connectivity index is 2.00. The highest BCUT2D eigenvalue weighted by atomic mass is 16.5. The van der Waals surface area contributed by atoms with Crippen molar-refractivity contribution in [2.45, 2.75) is 26.9 Å². The summed E-state index contributed by atoms with van der Waals surface area (Å²) in [5.74, 6) is 2.40. The third-order valence-electron chi connectivity index (χ3n) is 2.85. The van der Waals surface area contributed by atoms with Crippen LogP contribution in [0.2, 0.25) is 0 Å². The van der Waals surface area contributed by atoms with Gasteiger partial charge in [-0.3, -0.25) is 0 Å². The molecule has 2 aromatic rings. The molecular weight excluding hydrogens is 264 g/mol. The van der Waals surface area contributed by atoms with Gasteiger partial charge >= 0.3 is 0 Å². The molecule has 0 saturated carbocycles. The lowest BCUT2D eigenvalue weighted by molar-refractivity contribution is 0.259. The molecule has 112 valence electrons. The van der Waals surface area contributed by atoms with E-state index < -0.39 is 0 Å². The Bertz CT molecular complexity index is 558. The predicted octanol–water partition coefficient (Wildman–Crippen LogP) is 3.88. The van der Waals surface area contributed by atoms with E-state index in [2.05, 4.69) is 17.2 Å². The van der Waals surface area contributed by atoms with Gasteiger partial charge in [0.05, 0.1) is 12.3 Å². The van der Waals surface area contributed by atoms with Crippen LogP contribution in [-0.2, 0) is 6.61 Å². The van der Waals surface area contributed by atoms with Crippen molar-refractivity contribution in [3.05, 3.63) is 48.2 Å². The van der Waals surface area contributed by atoms with Crippen LogP contribution in [0.4, 0.5) is 5.82 Å². The van der Waals surface area contributed by atoms with E-state index in [0.717, 1.165) is 36.0 Å². The number of ether oxygens (including phenoxy) is 2. The Morgan fingerprint density at radius 3 is 2.43 bits per heavy atom. The van der Waals surface area contributed by atoms with Gasteiger partial charge in [-0.2, -0.15) is 0 Å². The Morgan fingerprint density at radius 1 is 0.952 bits per heavy atom. The molecule has 0 fully saturated rings. The van der Waals surface area contributed by atoms with E-state index in [1.54, 1.807) is 0 Å². The number of nitrogens with one attached hydrogen (secondary N) is 1. The number of anilines is 1. The second kappa shape index (κ2) is 8.15. The Labute approximate surface area is 126 Å². The largest absolute Gasteiger partial charge is 0.490 e. The topological polar surface area (TPSA) is 43.4 Å². The van der Waals surface area contributed by atoms with E-state index in [1.807, 2.05) is 49.4 Å². The first-order chi connectivity index (χ1) is 10.3. The lowest BCUT2D eigenvalue weighted by Crippen LogP contribution is -2.04. The highest BCUT2D eigenvalue weighted by Crippen LogP contribution is 2.27. The van der Waals surface area contributed by atoms with E-state index in [-0.39, 0.29) is 0 Å². The zero-order chi connectivity index (χ0) is 14.9. The summed E-state index contributed by atoms with van der Waals surface area (Å²) in [4.78, 5) is 4.49. The van der Waals surface area contributed by atoms with Crippen LogP contribution in [0.3, 0.4) is 0 Å². The minimum absolute atomic E-state index is 0.422. The van der Waals surface area contributed by atoms with Crippen LogP contribution in [-0.4, -0.2) is 18.1 Å². The highest BCUT2D eigenvalue weighted by molar-refractivity contribution is 5.40. The second-order valence-corrected chi connectivity index (χ2v) is 4.63. The molecule has 1 aromatic carbocycles. The van der Waals surface area contributed by atoms with Crippen LogP contribution in [0.15, 0.2) is 42.5 Å². The summed E-state index contributed by atoms with van der Waals surface area (Å²) in [5, 5.41) is 3.19. The molecule has 0 radical (unpaired) electrons. The average molecular weight is 286 g/mol. The van der Waals surface area contributed by atoms with Gasteiger partial charge in [-0.15, -0.1) is 0 Å². The van der Waals surface area contributed by atoms with Crippen molar-refractivity contribution in [3.63, 3.8) is 0 Å². The van der Waals surface area contributed by atoms with E-state index >= 15 is 0 Å². The first-order valence-corrected chi connectivity index (χ1v) is 7.38. The van der Waals surface area contributed by atoms with E-state index in [9.17, 15) is 0 Å². The molecule has 0 aliphatic heterocycles. The van der Waals surface area contributed by atoms with E-state index in [0.29, 0.717) is 13.2 Å².